The van der Waals surface area contributed by atoms with Crippen LogP contribution < -0.4 is 15.0 Å². The fraction of sp³-hybridized carbons (Fsp3) is 0.217. The van der Waals surface area contributed by atoms with Crippen LogP contribution in [-0.2, 0) is 4.79 Å². The average molecular weight is 374 g/mol. The molecule has 0 saturated carbocycles. The summed E-state index contributed by atoms with van der Waals surface area (Å²) in [6.07, 6.45) is 0. The van der Waals surface area contributed by atoms with Gasteiger partial charge in [-0.3, -0.25) is 14.5 Å². The molecule has 3 aromatic rings. The maximum Gasteiger partial charge on any atom is 0.259 e. The fourth-order valence-corrected chi connectivity index (χ4v) is 3.67. The van der Waals surface area contributed by atoms with Gasteiger partial charge in [0.1, 0.15) is 12.3 Å². The van der Waals surface area contributed by atoms with E-state index in [0.29, 0.717) is 12.2 Å². The topological polar surface area (TPSA) is 58.6 Å². The van der Waals surface area contributed by atoms with E-state index in [2.05, 4.69) is 5.32 Å². The monoisotopic (exact) mass is 374 g/mol. The van der Waals surface area contributed by atoms with Crippen LogP contribution in [0.1, 0.15) is 35.8 Å². The van der Waals surface area contributed by atoms with Gasteiger partial charge in [0.15, 0.2) is 0 Å². The molecule has 1 aliphatic heterocycles. The van der Waals surface area contributed by atoms with Gasteiger partial charge in [0.2, 0.25) is 5.91 Å². The Labute approximate surface area is 163 Å². The summed E-state index contributed by atoms with van der Waals surface area (Å²) in [5.74, 6) is 0.480. The summed E-state index contributed by atoms with van der Waals surface area (Å²) in [6.45, 7) is 4.47. The molecule has 2 amide bonds. The number of carbonyl (C=O) groups excluding carboxylic acids is 2. The Balaban J connectivity index is 1.47. The van der Waals surface area contributed by atoms with Crippen molar-refractivity contribution in [3.8, 4) is 5.75 Å². The van der Waals surface area contributed by atoms with Crippen LogP contribution in [0.3, 0.4) is 0 Å². The minimum Gasteiger partial charge on any atom is -0.494 e. The standard InChI is InChI=1S/C23H22N2O3/c1-3-28-18-12-10-16(11-13-18)15(2)24-21(26)14-25-20-9-5-7-17-6-4-8-19(22(17)20)23(25)27/h4-13,15H,3,14H2,1-2H3,(H,24,26). The number of benzene rings is 3. The van der Waals surface area contributed by atoms with Crippen LogP contribution >= 0.6 is 0 Å². The third-order valence-corrected chi connectivity index (χ3v) is 5.02. The molecule has 0 saturated heterocycles. The number of ether oxygens (including phenoxy) is 1. The summed E-state index contributed by atoms with van der Waals surface area (Å²) in [5.41, 5.74) is 2.43. The summed E-state index contributed by atoms with van der Waals surface area (Å²) in [6, 6.07) is 18.9. The molecule has 0 spiro atoms. The van der Waals surface area contributed by atoms with E-state index in [-0.39, 0.29) is 24.4 Å². The minimum absolute atomic E-state index is 0.00596. The lowest BCUT2D eigenvalue weighted by Crippen LogP contribution is -2.39. The molecular weight excluding hydrogens is 352 g/mol. The van der Waals surface area contributed by atoms with Crippen LogP contribution in [0.2, 0.25) is 0 Å². The largest absolute Gasteiger partial charge is 0.494 e. The van der Waals surface area contributed by atoms with E-state index in [4.69, 9.17) is 4.74 Å². The highest BCUT2D eigenvalue weighted by Gasteiger charge is 2.31. The maximum absolute atomic E-state index is 12.8. The van der Waals surface area contributed by atoms with E-state index in [0.717, 1.165) is 27.8 Å². The highest BCUT2D eigenvalue weighted by Crippen LogP contribution is 2.36. The van der Waals surface area contributed by atoms with Crippen molar-refractivity contribution < 1.29 is 14.3 Å². The van der Waals surface area contributed by atoms with Gasteiger partial charge in [-0.1, -0.05) is 36.4 Å². The van der Waals surface area contributed by atoms with Gasteiger partial charge >= 0.3 is 0 Å². The minimum atomic E-state index is -0.195. The zero-order valence-corrected chi connectivity index (χ0v) is 15.9. The molecule has 0 aliphatic carbocycles. The van der Waals surface area contributed by atoms with Gasteiger partial charge in [-0.2, -0.15) is 0 Å². The SMILES string of the molecule is CCOc1ccc(C(C)NC(=O)CN2C(=O)c3cccc4cccc2c34)cc1. The molecule has 1 heterocycles. The number of nitrogens with one attached hydrogen (secondary N) is 1. The van der Waals surface area contributed by atoms with Crippen LogP contribution in [0.15, 0.2) is 60.7 Å². The van der Waals surface area contributed by atoms with Crippen molar-refractivity contribution in [2.75, 3.05) is 18.1 Å². The van der Waals surface area contributed by atoms with Crippen LogP contribution in [0, 0.1) is 0 Å². The summed E-state index contributed by atoms with van der Waals surface area (Å²) < 4.78 is 5.45. The zero-order chi connectivity index (χ0) is 19.7. The van der Waals surface area contributed by atoms with E-state index in [9.17, 15) is 9.59 Å². The molecule has 1 aliphatic rings. The normalized spacial score (nSPS) is 13.6. The van der Waals surface area contributed by atoms with Gasteiger partial charge in [0.05, 0.1) is 18.3 Å². The van der Waals surface area contributed by atoms with Crippen LogP contribution in [0.25, 0.3) is 10.8 Å². The fourth-order valence-electron chi connectivity index (χ4n) is 3.67. The lowest BCUT2D eigenvalue weighted by atomic mass is 10.1. The summed E-state index contributed by atoms with van der Waals surface area (Å²) in [7, 11) is 0. The molecule has 0 bridgehead atoms. The number of rotatable bonds is 6. The Morgan fingerprint density at radius 2 is 1.79 bits per heavy atom. The first-order valence-electron chi connectivity index (χ1n) is 9.44. The Morgan fingerprint density at radius 1 is 1.07 bits per heavy atom. The van der Waals surface area contributed by atoms with Crippen molar-refractivity contribution in [3.05, 3.63) is 71.8 Å². The second kappa shape index (κ2) is 7.35. The number of hydrogen-bond donors (Lipinski definition) is 1. The highest BCUT2D eigenvalue weighted by molar-refractivity contribution is 6.26. The number of nitrogens with zero attached hydrogens (tertiary/aromatic N) is 1. The molecular formula is C23H22N2O3. The molecule has 0 fully saturated rings. The van der Waals surface area contributed by atoms with Gasteiger partial charge in [-0.05, 0) is 49.1 Å². The second-order valence-electron chi connectivity index (χ2n) is 6.86. The molecule has 5 heteroatoms. The molecule has 1 N–H and O–H groups in total. The Bertz CT molecular complexity index is 1040. The first-order chi connectivity index (χ1) is 13.6. The summed E-state index contributed by atoms with van der Waals surface area (Å²) in [4.78, 5) is 27.0. The quantitative estimate of drug-likeness (QED) is 0.707. The Hall–Kier alpha value is -3.34. The number of amides is 2. The predicted octanol–water partition coefficient (Wildman–Crippen LogP) is 4.08. The van der Waals surface area contributed by atoms with Crippen LogP contribution in [-0.4, -0.2) is 25.0 Å². The van der Waals surface area contributed by atoms with Crippen molar-refractivity contribution in [2.24, 2.45) is 0 Å². The molecule has 142 valence electrons. The second-order valence-corrected chi connectivity index (χ2v) is 6.86. The molecule has 0 aromatic heterocycles. The van der Waals surface area contributed by atoms with Crippen molar-refractivity contribution in [1.82, 2.24) is 5.32 Å². The van der Waals surface area contributed by atoms with Crippen molar-refractivity contribution in [3.63, 3.8) is 0 Å². The van der Waals surface area contributed by atoms with Gasteiger partial charge < -0.3 is 10.1 Å². The molecule has 3 aromatic carbocycles. The van der Waals surface area contributed by atoms with E-state index < -0.39 is 0 Å². The Morgan fingerprint density at radius 3 is 2.50 bits per heavy atom. The van der Waals surface area contributed by atoms with Crippen molar-refractivity contribution in [1.29, 1.82) is 0 Å². The molecule has 1 atom stereocenters. The van der Waals surface area contributed by atoms with E-state index >= 15 is 0 Å². The van der Waals surface area contributed by atoms with E-state index in [1.807, 2.05) is 74.5 Å². The predicted molar refractivity (Wildman–Crippen MR) is 110 cm³/mol. The van der Waals surface area contributed by atoms with Gasteiger partial charge in [0, 0.05) is 10.9 Å². The lowest BCUT2D eigenvalue weighted by molar-refractivity contribution is -0.120. The van der Waals surface area contributed by atoms with E-state index in [1.54, 1.807) is 4.90 Å². The first kappa shape index (κ1) is 18.0. The van der Waals surface area contributed by atoms with Gasteiger partial charge in [-0.15, -0.1) is 0 Å². The Kier molecular flexibility index (Phi) is 4.74. The van der Waals surface area contributed by atoms with Gasteiger partial charge in [0.25, 0.3) is 5.91 Å². The maximum atomic E-state index is 12.8. The number of hydrogen-bond acceptors (Lipinski definition) is 3. The molecule has 5 nitrogen and oxygen atoms in total. The summed E-state index contributed by atoms with van der Waals surface area (Å²) >= 11 is 0. The third kappa shape index (κ3) is 3.20. The summed E-state index contributed by atoms with van der Waals surface area (Å²) in [5, 5.41) is 4.91. The molecule has 4 rings (SSSR count). The average Bonchev–Trinajstić information content (AvgIpc) is 2.97. The highest BCUT2D eigenvalue weighted by atomic mass is 16.5. The van der Waals surface area contributed by atoms with Crippen LogP contribution in [0.5, 0.6) is 5.75 Å². The van der Waals surface area contributed by atoms with Crippen LogP contribution in [0.4, 0.5) is 5.69 Å². The molecule has 28 heavy (non-hydrogen) atoms. The third-order valence-electron chi connectivity index (χ3n) is 5.02. The van der Waals surface area contributed by atoms with Crippen molar-refractivity contribution >= 4 is 28.3 Å². The zero-order valence-electron chi connectivity index (χ0n) is 15.9. The van der Waals surface area contributed by atoms with Crippen molar-refractivity contribution in [2.45, 2.75) is 19.9 Å². The smallest absolute Gasteiger partial charge is 0.259 e. The lowest BCUT2D eigenvalue weighted by Gasteiger charge is -2.20. The first-order valence-corrected chi connectivity index (χ1v) is 9.44. The number of anilines is 1. The molecule has 0 radical (unpaired) electrons. The number of carbonyl (C=O) groups is 2. The van der Waals surface area contributed by atoms with E-state index in [1.165, 1.54) is 0 Å². The molecule has 1 unspecified atom stereocenters. The van der Waals surface area contributed by atoms with Gasteiger partial charge in [-0.25, -0.2) is 0 Å².